The van der Waals surface area contributed by atoms with Crippen LogP contribution in [0.3, 0.4) is 0 Å². The monoisotopic (exact) mass is 358 g/mol. The van der Waals surface area contributed by atoms with Crippen LogP contribution in [0.4, 0.5) is 5.13 Å². The lowest BCUT2D eigenvalue weighted by Crippen LogP contribution is -2.39. The molecule has 5 nitrogen and oxygen atoms in total. The third kappa shape index (κ3) is 4.57. The first-order valence-corrected chi connectivity index (χ1v) is 10.1. The number of likely N-dealkylation sites (tertiary alicyclic amines) is 1. The summed E-state index contributed by atoms with van der Waals surface area (Å²) in [5, 5.41) is 1.20. The second-order valence-corrected chi connectivity index (χ2v) is 8.03. The fourth-order valence-electron chi connectivity index (χ4n) is 3.62. The Labute approximate surface area is 153 Å². The molecule has 0 bridgehead atoms. The minimum Gasteiger partial charge on any atom is -0.371 e. The Morgan fingerprint density at radius 3 is 2.88 bits per heavy atom. The van der Waals surface area contributed by atoms with E-state index in [9.17, 15) is 0 Å². The Bertz CT molecular complexity index is 656. The zero-order valence-electron chi connectivity index (χ0n) is 14.6. The molecule has 25 heavy (non-hydrogen) atoms. The standard InChI is InChI=1S/C19H26N4OS/c1-2-8-20-16(6-1)15-24-17-7-5-9-22(13-17)14-18-12-21-19(25-18)23-10-3-4-11-23/h1-2,6,8,12,17H,3-5,7,9-11,13-15H2/t17-/m1/s1. The maximum absolute atomic E-state index is 6.10. The van der Waals surface area contributed by atoms with E-state index in [-0.39, 0.29) is 0 Å². The summed E-state index contributed by atoms with van der Waals surface area (Å²) in [6, 6.07) is 5.98. The van der Waals surface area contributed by atoms with Crippen LogP contribution in [0.5, 0.6) is 0 Å². The number of rotatable bonds is 6. The summed E-state index contributed by atoms with van der Waals surface area (Å²) in [5.74, 6) is 0. The molecule has 0 N–H and O–H groups in total. The van der Waals surface area contributed by atoms with E-state index in [2.05, 4.69) is 26.0 Å². The smallest absolute Gasteiger partial charge is 0.185 e. The Hall–Kier alpha value is -1.50. The molecule has 134 valence electrons. The van der Waals surface area contributed by atoms with Crippen LogP contribution in [-0.2, 0) is 17.9 Å². The molecule has 1 atom stereocenters. The van der Waals surface area contributed by atoms with E-state index in [4.69, 9.17) is 4.74 Å². The molecule has 0 aromatic carbocycles. The van der Waals surface area contributed by atoms with Crippen molar-refractivity contribution in [1.29, 1.82) is 0 Å². The van der Waals surface area contributed by atoms with E-state index in [1.807, 2.05) is 35.7 Å². The topological polar surface area (TPSA) is 41.5 Å². The van der Waals surface area contributed by atoms with Gasteiger partial charge in [0.15, 0.2) is 5.13 Å². The van der Waals surface area contributed by atoms with Crippen molar-refractivity contribution in [3.8, 4) is 0 Å². The zero-order chi connectivity index (χ0) is 16.9. The summed E-state index contributed by atoms with van der Waals surface area (Å²) in [4.78, 5) is 15.3. The first-order chi connectivity index (χ1) is 12.4. The molecule has 2 fully saturated rings. The predicted molar refractivity (Wildman–Crippen MR) is 101 cm³/mol. The van der Waals surface area contributed by atoms with Gasteiger partial charge in [0.1, 0.15) is 0 Å². The Morgan fingerprint density at radius 1 is 1.12 bits per heavy atom. The van der Waals surface area contributed by atoms with E-state index in [0.29, 0.717) is 12.7 Å². The quantitative estimate of drug-likeness (QED) is 0.792. The average molecular weight is 359 g/mol. The van der Waals surface area contributed by atoms with Gasteiger partial charge in [-0.2, -0.15) is 0 Å². The maximum Gasteiger partial charge on any atom is 0.185 e. The number of ether oxygens (including phenoxy) is 1. The van der Waals surface area contributed by atoms with Crippen molar-refractivity contribution in [2.45, 2.75) is 44.9 Å². The minimum atomic E-state index is 0.307. The number of nitrogens with zero attached hydrogens (tertiary/aromatic N) is 4. The van der Waals surface area contributed by atoms with Gasteiger partial charge in [0.05, 0.1) is 18.4 Å². The minimum absolute atomic E-state index is 0.307. The number of aromatic nitrogens is 2. The van der Waals surface area contributed by atoms with Gasteiger partial charge in [0.2, 0.25) is 0 Å². The lowest BCUT2D eigenvalue weighted by Gasteiger charge is -2.32. The Balaban J connectivity index is 1.28. The summed E-state index contributed by atoms with van der Waals surface area (Å²) in [6.45, 7) is 6.10. The fourth-order valence-corrected chi connectivity index (χ4v) is 4.63. The molecule has 4 rings (SSSR count). The van der Waals surface area contributed by atoms with Crippen LogP contribution in [0.25, 0.3) is 0 Å². The summed E-state index contributed by atoms with van der Waals surface area (Å²) in [5.41, 5.74) is 1.01. The number of hydrogen-bond acceptors (Lipinski definition) is 6. The van der Waals surface area contributed by atoms with Crippen molar-refractivity contribution in [3.63, 3.8) is 0 Å². The predicted octanol–water partition coefficient (Wildman–Crippen LogP) is 3.32. The third-order valence-electron chi connectivity index (χ3n) is 4.95. The van der Waals surface area contributed by atoms with Gasteiger partial charge in [0, 0.05) is 43.4 Å². The van der Waals surface area contributed by atoms with Crippen molar-refractivity contribution in [2.24, 2.45) is 0 Å². The molecule has 6 heteroatoms. The van der Waals surface area contributed by atoms with Gasteiger partial charge < -0.3 is 9.64 Å². The van der Waals surface area contributed by atoms with Crippen molar-refractivity contribution in [3.05, 3.63) is 41.2 Å². The third-order valence-corrected chi connectivity index (χ3v) is 6.00. The summed E-state index contributed by atoms with van der Waals surface area (Å²) < 4.78 is 6.10. The molecular weight excluding hydrogens is 332 g/mol. The van der Waals surface area contributed by atoms with Gasteiger partial charge in [-0.05, 0) is 44.4 Å². The molecule has 2 aromatic heterocycles. The molecule has 4 heterocycles. The molecular formula is C19H26N4OS. The highest BCUT2D eigenvalue weighted by atomic mass is 32.1. The van der Waals surface area contributed by atoms with Crippen molar-refractivity contribution >= 4 is 16.5 Å². The highest BCUT2D eigenvalue weighted by Gasteiger charge is 2.22. The van der Waals surface area contributed by atoms with Crippen LogP contribution in [0.15, 0.2) is 30.6 Å². The molecule has 2 saturated heterocycles. The van der Waals surface area contributed by atoms with E-state index < -0.39 is 0 Å². The largest absolute Gasteiger partial charge is 0.371 e. The van der Waals surface area contributed by atoms with E-state index in [0.717, 1.165) is 31.7 Å². The van der Waals surface area contributed by atoms with E-state index in [1.54, 1.807) is 0 Å². The molecule has 0 radical (unpaired) electrons. The second kappa shape index (κ2) is 8.25. The van der Waals surface area contributed by atoms with Crippen LogP contribution in [0.1, 0.15) is 36.3 Å². The van der Waals surface area contributed by atoms with Crippen molar-refractivity contribution < 1.29 is 4.74 Å². The lowest BCUT2D eigenvalue weighted by molar-refractivity contribution is -0.0130. The molecule has 0 saturated carbocycles. The van der Waals surface area contributed by atoms with Gasteiger partial charge in [-0.1, -0.05) is 6.07 Å². The lowest BCUT2D eigenvalue weighted by atomic mass is 10.1. The van der Waals surface area contributed by atoms with Crippen LogP contribution in [-0.4, -0.2) is 47.2 Å². The van der Waals surface area contributed by atoms with Crippen LogP contribution < -0.4 is 4.90 Å². The SMILES string of the molecule is c1ccc(CO[C@@H]2CCCN(Cc3cnc(N4CCCC4)s3)C2)nc1. The van der Waals surface area contributed by atoms with Crippen molar-refractivity contribution in [2.75, 3.05) is 31.1 Å². The van der Waals surface area contributed by atoms with Gasteiger partial charge in [-0.15, -0.1) is 11.3 Å². The van der Waals surface area contributed by atoms with Crippen LogP contribution in [0, 0.1) is 0 Å². The number of piperidine rings is 1. The second-order valence-electron chi connectivity index (χ2n) is 6.93. The average Bonchev–Trinajstić information content (AvgIpc) is 3.33. The molecule has 0 amide bonds. The first-order valence-electron chi connectivity index (χ1n) is 9.30. The maximum atomic E-state index is 6.10. The number of anilines is 1. The highest BCUT2D eigenvalue weighted by Crippen LogP contribution is 2.27. The molecule has 0 spiro atoms. The van der Waals surface area contributed by atoms with Crippen LogP contribution >= 0.6 is 11.3 Å². The normalized spacial score (nSPS) is 21.8. The summed E-state index contributed by atoms with van der Waals surface area (Å²) >= 11 is 1.86. The number of thiazole rings is 1. The number of hydrogen-bond donors (Lipinski definition) is 0. The van der Waals surface area contributed by atoms with Gasteiger partial charge in [-0.25, -0.2) is 4.98 Å². The molecule has 2 aromatic rings. The first kappa shape index (κ1) is 16.9. The highest BCUT2D eigenvalue weighted by molar-refractivity contribution is 7.15. The van der Waals surface area contributed by atoms with E-state index >= 15 is 0 Å². The molecule has 2 aliphatic rings. The van der Waals surface area contributed by atoms with Gasteiger partial charge >= 0.3 is 0 Å². The zero-order valence-corrected chi connectivity index (χ0v) is 15.5. The van der Waals surface area contributed by atoms with E-state index in [1.165, 1.54) is 42.4 Å². The fraction of sp³-hybridized carbons (Fsp3) is 0.579. The Kier molecular flexibility index (Phi) is 5.59. The van der Waals surface area contributed by atoms with Crippen LogP contribution in [0.2, 0.25) is 0 Å². The summed E-state index contributed by atoms with van der Waals surface area (Å²) in [6.07, 6.45) is 9.15. The summed E-state index contributed by atoms with van der Waals surface area (Å²) in [7, 11) is 0. The van der Waals surface area contributed by atoms with Gasteiger partial charge in [-0.3, -0.25) is 9.88 Å². The molecule has 0 unspecified atom stereocenters. The number of pyridine rings is 1. The van der Waals surface area contributed by atoms with Gasteiger partial charge in [0.25, 0.3) is 0 Å². The molecule has 0 aliphatic carbocycles. The van der Waals surface area contributed by atoms with Crippen molar-refractivity contribution in [1.82, 2.24) is 14.9 Å². The Morgan fingerprint density at radius 2 is 2.04 bits per heavy atom. The molecule has 2 aliphatic heterocycles.